The van der Waals surface area contributed by atoms with Gasteiger partial charge in [0.15, 0.2) is 0 Å². The van der Waals surface area contributed by atoms with E-state index >= 15 is 0 Å². The molecule has 0 aromatic carbocycles. The summed E-state index contributed by atoms with van der Waals surface area (Å²) in [5.41, 5.74) is 3.12. The molecule has 98 valence electrons. The first kappa shape index (κ1) is 9.04. The maximum absolute atomic E-state index is 7.44. The van der Waals surface area contributed by atoms with E-state index in [0.717, 1.165) is 31.3 Å². The van der Waals surface area contributed by atoms with Crippen molar-refractivity contribution in [2.45, 2.75) is 68.1 Å². The van der Waals surface area contributed by atoms with Crippen molar-refractivity contribution in [2.75, 3.05) is 0 Å². The Hall–Kier alpha value is 0.0587. The number of hydrogen-bond donors (Lipinski definition) is 0. The predicted molar refractivity (Wildman–Crippen MR) is 83.1 cm³/mol. The summed E-state index contributed by atoms with van der Waals surface area (Å²) in [4.78, 5) is 7.00. The second-order valence-electron chi connectivity index (χ2n) is 5.37. The van der Waals surface area contributed by atoms with Crippen LogP contribution in [-0.4, -0.2) is 18.4 Å². The molecule has 0 bridgehead atoms. The SMILES string of the molecule is [2H]C([2H])([2H])C(=C=C/C(CC)=[C](/CCCC)[Sn]([CH3])([CH3])[CH3])C([2H])([2H])[2H]. The summed E-state index contributed by atoms with van der Waals surface area (Å²) in [5, 5.41) is 0. The van der Waals surface area contributed by atoms with Gasteiger partial charge in [-0.25, -0.2) is 0 Å². The standard InChI is InChI=1S/C13H21.3CH3.Sn/c1-5-7-8-9-13(6-2)11-10-12(3)4;;;;/h11H,5-8H2,1-4H3;3*1H3;/i3D3,4D3;;;;. The van der Waals surface area contributed by atoms with Crippen LogP contribution in [0.2, 0.25) is 14.8 Å². The molecule has 0 saturated carbocycles. The third-order valence-corrected chi connectivity index (χ3v) is 9.64. The minimum absolute atomic E-state index is 0.574. The van der Waals surface area contributed by atoms with Gasteiger partial charge in [-0.15, -0.1) is 0 Å². The van der Waals surface area contributed by atoms with Crippen molar-refractivity contribution < 1.29 is 8.22 Å². The van der Waals surface area contributed by atoms with E-state index in [0.29, 0.717) is 0 Å². The van der Waals surface area contributed by atoms with E-state index in [1.807, 2.05) is 6.92 Å². The van der Waals surface area contributed by atoms with Crippen molar-refractivity contribution in [1.29, 1.82) is 0 Å². The predicted octanol–water partition coefficient (Wildman–Crippen LogP) is 5.88. The van der Waals surface area contributed by atoms with Crippen LogP contribution in [-0.2, 0) is 0 Å². The average molecular weight is 347 g/mol. The van der Waals surface area contributed by atoms with Gasteiger partial charge in [0.25, 0.3) is 0 Å². The van der Waals surface area contributed by atoms with Crippen LogP contribution in [0.15, 0.2) is 26.5 Å². The van der Waals surface area contributed by atoms with Crippen molar-refractivity contribution in [3.8, 4) is 0 Å². The molecule has 0 unspecified atom stereocenters. The van der Waals surface area contributed by atoms with Crippen LogP contribution in [0.3, 0.4) is 0 Å². The Kier molecular flexibility index (Phi) is 4.37. The Morgan fingerprint density at radius 3 is 2.29 bits per heavy atom. The van der Waals surface area contributed by atoms with Gasteiger partial charge >= 0.3 is 121 Å². The Morgan fingerprint density at radius 2 is 1.88 bits per heavy atom. The first-order chi connectivity index (χ1) is 10.2. The van der Waals surface area contributed by atoms with Gasteiger partial charge in [-0.05, 0) is 0 Å². The third kappa shape index (κ3) is 7.16. The molecule has 0 radical (unpaired) electrons. The maximum atomic E-state index is 7.44. The Labute approximate surface area is 121 Å². The Morgan fingerprint density at radius 1 is 1.24 bits per heavy atom. The van der Waals surface area contributed by atoms with Gasteiger partial charge in [-0.1, -0.05) is 0 Å². The third-order valence-electron chi connectivity index (χ3n) is 2.84. The van der Waals surface area contributed by atoms with Gasteiger partial charge in [0.05, 0.1) is 0 Å². The van der Waals surface area contributed by atoms with E-state index in [4.69, 9.17) is 8.22 Å². The van der Waals surface area contributed by atoms with E-state index in [9.17, 15) is 0 Å². The van der Waals surface area contributed by atoms with Gasteiger partial charge < -0.3 is 0 Å². The molecular weight excluding hydrogens is 311 g/mol. The second-order valence-corrected chi connectivity index (χ2v) is 19.9. The fourth-order valence-corrected chi connectivity index (χ4v) is 8.04. The van der Waals surface area contributed by atoms with Crippen LogP contribution in [0, 0.1) is 0 Å². The van der Waals surface area contributed by atoms with Gasteiger partial charge in [0.1, 0.15) is 0 Å². The van der Waals surface area contributed by atoms with Crippen molar-refractivity contribution in [3.05, 3.63) is 26.5 Å². The molecule has 0 heterocycles. The molecule has 0 atom stereocenters. The van der Waals surface area contributed by atoms with Crippen LogP contribution in [0.25, 0.3) is 0 Å². The molecule has 0 fully saturated rings. The molecule has 0 aromatic rings. The Bertz CT molecular complexity index is 466. The summed E-state index contributed by atoms with van der Waals surface area (Å²) in [5.74, 6) is 0. The van der Waals surface area contributed by atoms with Crippen molar-refractivity contribution in [3.63, 3.8) is 0 Å². The van der Waals surface area contributed by atoms with Gasteiger partial charge in [0, 0.05) is 0 Å². The average Bonchev–Trinajstić information content (AvgIpc) is 2.32. The molecule has 17 heavy (non-hydrogen) atoms. The zero-order valence-electron chi connectivity index (χ0n) is 17.9. The number of unbranched alkanes of at least 4 members (excludes halogenated alkanes) is 1. The van der Waals surface area contributed by atoms with Crippen LogP contribution in [0.1, 0.15) is 61.5 Å². The molecule has 0 spiro atoms. The summed E-state index contributed by atoms with van der Waals surface area (Å²) in [6.45, 7) is -1.11. The van der Waals surface area contributed by atoms with Crippen molar-refractivity contribution in [2.24, 2.45) is 0 Å². The molecule has 0 amide bonds. The second kappa shape index (κ2) is 8.21. The molecule has 0 aliphatic carbocycles. The zero-order chi connectivity index (χ0) is 18.5. The van der Waals surface area contributed by atoms with E-state index < -0.39 is 37.7 Å². The summed E-state index contributed by atoms with van der Waals surface area (Å²) in [6, 6.07) is 0. The molecule has 0 nitrogen and oxygen atoms in total. The number of allylic oxidation sites excluding steroid dienone is 3. The molecular formula is C16H30Sn. The molecule has 0 saturated heterocycles. The fourth-order valence-electron chi connectivity index (χ4n) is 1.93. The van der Waals surface area contributed by atoms with Crippen molar-refractivity contribution >= 4 is 18.4 Å². The molecule has 0 N–H and O–H groups in total. The fraction of sp³-hybridized carbons (Fsp3) is 0.688. The molecule has 0 aliphatic rings. The summed E-state index contributed by atoms with van der Waals surface area (Å²) >= 11 is -2.33. The van der Waals surface area contributed by atoms with E-state index in [1.165, 1.54) is 3.59 Å². The van der Waals surface area contributed by atoms with Crippen LogP contribution in [0.5, 0.6) is 0 Å². The van der Waals surface area contributed by atoms with Crippen LogP contribution >= 0.6 is 0 Å². The molecule has 0 rings (SSSR count). The van der Waals surface area contributed by atoms with E-state index in [2.05, 4.69) is 27.5 Å². The quantitative estimate of drug-likeness (QED) is 0.320. The normalized spacial score (nSPS) is 19.6. The number of hydrogen-bond acceptors (Lipinski definition) is 0. The first-order valence-corrected chi connectivity index (χ1v) is 16.4. The summed E-state index contributed by atoms with van der Waals surface area (Å²) in [6.07, 6.45) is 5.64. The Balaban J connectivity index is 6.19. The zero-order valence-corrected chi connectivity index (χ0v) is 14.8. The molecule has 0 aliphatic heterocycles. The van der Waals surface area contributed by atoms with E-state index in [1.54, 1.807) is 6.08 Å². The number of rotatable bonds is 6. The monoisotopic (exact) mass is 348 g/mol. The van der Waals surface area contributed by atoms with Crippen LogP contribution < -0.4 is 0 Å². The summed E-state index contributed by atoms with van der Waals surface area (Å²) < 4.78 is 46.1. The van der Waals surface area contributed by atoms with Crippen LogP contribution in [0.4, 0.5) is 0 Å². The molecule has 1 heteroatoms. The van der Waals surface area contributed by atoms with Gasteiger partial charge in [-0.3, -0.25) is 0 Å². The van der Waals surface area contributed by atoms with Crippen molar-refractivity contribution in [1.82, 2.24) is 0 Å². The topological polar surface area (TPSA) is 0 Å². The van der Waals surface area contributed by atoms with Gasteiger partial charge in [-0.2, -0.15) is 0 Å². The first-order valence-electron chi connectivity index (χ1n) is 9.45. The van der Waals surface area contributed by atoms with Gasteiger partial charge in [0.2, 0.25) is 0 Å². The summed E-state index contributed by atoms with van der Waals surface area (Å²) in [7, 11) is 0. The minimum atomic E-state index is -2.64. The van der Waals surface area contributed by atoms with E-state index in [-0.39, 0.29) is 0 Å². The molecule has 0 aromatic heterocycles.